The summed E-state index contributed by atoms with van der Waals surface area (Å²) in [5, 5.41) is 35.3. The monoisotopic (exact) mass is 1030 g/mol. The number of hydrogen-bond donors (Lipinski definition) is 3. The zero-order valence-corrected chi connectivity index (χ0v) is 47.0. The number of carbonyl (C=O) groups is 2. The summed E-state index contributed by atoms with van der Waals surface area (Å²) in [5.41, 5.74) is 4.77. The second-order valence-corrected chi connectivity index (χ2v) is 21.6. The second kappa shape index (κ2) is 29.5. The summed E-state index contributed by atoms with van der Waals surface area (Å²) in [6.07, 6.45) is 8.92. The third-order valence-corrected chi connectivity index (χ3v) is 15.5. The van der Waals surface area contributed by atoms with Gasteiger partial charge in [-0.1, -0.05) is 107 Å². The Morgan fingerprint density at radius 3 is 2.10 bits per heavy atom. The number of halogens is 2. The summed E-state index contributed by atoms with van der Waals surface area (Å²) in [6, 6.07) is 0. The number of ether oxygens (including phenoxy) is 7. The van der Waals surface area contributed by atoms with Crippen LogP contribution in [0.3, 0.4) is 0 Å². The van der Waals surface area contributed by atoms with Crippen molar-refractivity contribution in [2.75, 3.05) is 27.9 Å². The van der Waals surface area contributed by atoms with E-state index in [1.807, 2.05) is 68.4 Å². The molecular weight excluding hydrogens is 948 g/mol. The van der Waals surface area contributed by atoms with Crippen LogP contribution in [0.15, 0.2) is 58.7 Å². The molecule has 12 nitrogen and oxygen atoms in total. The quantitative estimate of drug-likeness (QED) is 0.0332. The van der Waals surface area contributed by atoms with Crippen molar-refractivity contribution in [3.63, 3.8) is 0 Å². The molecule has 2 aliphatic heterocycles. The minimum absolute atomic E-state index is 0.0748. The summed E-state index contributed by atoms with van der Waals surface area (Å²) >= 11 is 13.5. The fourth-order valence-electron chi connectivity index (χ4n) is 10.2. The first-order chi connectivity index (χ1) is 33.5. The Kier molecular flexibility index (Phi) is 26.1. The molecule has 3 N–H and O–H groups in total. The van der Waals surface area contributed by atoms with Crippen molar-refractivity contribution in [3.05, 3.63) is 91.0 Å². The highest BCUT2D eigenvalue weighted by Crippen LogP contribution is 2.42. The Labute approximate surface area is 436 Å². The fourth-order valence-corrected chi connectivity index (χ4v) is 10.9. The predicted octanol–water partition coefficient (Wildman–Crippen LogP) is 10.9. The van der Waals surface area contributed by atoms with Crippen molar-refractivity contribution in [3.8, 4) is 0 Å². The van der Waals surface area contributed by atoms with Crippen LogP contribution in [0, 0.1) is 36.5 Å². The van der Waals surface area contributed by atoms with Gasteiger partial charge in [-0.3, -0.25) is 9.59 Å². The van der Waals surface area contributed by atoms with Gasteiger partial charge >= 0.3 is 0 Å². The van der Waals surface area contributed by atoms with Crippen molar-refractivity contribution < 1.29 is 58.1 Å². The molecule has 2 fully saturated rings. The largest absolute Gasteiger partial charge is 0.390 e. The molecule has 3 rings (SSSR count). The van der Waals surface area contributed by atoms with Crippen LogP contribution in [0.1, 0.15) is 136 Å². The van der Waals surface area contributed by atoms with Crippen molar-refractivity contribution in [2.24, 2.45) is 29.6 Å². The Hall–Kier alpha value is -2.56. The average molecular weight is 1040 g/mol. The fraction of sp³-hybridized carbons (Fsp3) is 0.684. The molecule has 0 radical (unpaired) electrons. The Morgan fingerprint density at radius 2 is 1.55 bits per heavy atom. The molecule has 0 amide bonds. The Balaban J connectivity index is 1.84. The van der Waals surface area contributed by atoms with E-state index in [1.165, 1.54) is 0 Å². The zero-order chi connectivity index (χ0) is 53.5. The molecule has 1 aromatic carbocycles. The number of rotatable bonds is 27. The normalized spacial score (nSPS) is 27.6. The molecule has 2 aliphatic rings. The number of allylic oxidation sites excluding steroid dienone is 4. The third-order valence-electron chi connectivity index (χ3n) is 14.4. The highest BCUT2D eigenvalue weighted by molar-refractivity contribution is 6.37. The number of hydrogen-bond acceptors (Lipinski definition) is 12. The molecular formula is C57H88Cl2O12. The number of methoxy groups -OCH3 is 3. The van der Waals surface area contributed by atoms with Gasteiger partial charge in [0.1, 0.15) is 18.5 Å². The van der Waals surface area contributed by atoms with E-state index < -0.39 is 60.9 Å². The van der Waals surface area contributed by atoms with E-state index in [4.69, 9.17) is 56.4 Å². The highest BCUT2D eigenvalue weighted by Gasteiger charge is 2.50. The molecule has 0 spiro atoms. The lowest BCUT2D eigenvalue weighted by molar-refractivity contribution is -0.323. The first kappa shape index (κ1) is 62.7. The van der Waals surface area contributed by atoms with Crippen LogP contribution in [0.2, 0.25) is 10.0 Å². The van der Waals surface area contributed by atoms with Crippen molar-refractivity contribution >= 4 is 35.8 Å². The molecule has 0 bridgehead atoms. The van der Waals surface area contributed by atoms with E-state index in [9.17, 15) is 24.9 Å². The van der Waals surface area contributed by atoms with Gasteiger partial charge in [0.05, 0.1) is 48.8 Å². The molecule has 2 saturated heterocycles. The van der Waals surface area contributed by atoms with Crippen LogP contribution >= 0.6 is 23.2 Å². The van der Waals surface area contributed by atoms with E-state index in [0.717, 1.165) is 35.0 Å². The SMILES string of the molecule is CCc1c(Cl)c(C)c(Cl)c(CC2C(OC)C(C)OC(OC/C(C=O)=C\C=C\CC(O)/C(C)=C/C(CC)C(OC3OC(C)(C)C(CC(C)C)C(O)C3O)/C(C)=C/C(C)=C/CC(OC)C(C)C)C2OC)c1C=O. The molecule has 14 heteroatoms. The molecule has 0 aliphatic carbocycles. The van der Waals surface area contributed by atoms with Gasteiger partial charge < -0.3 is 48.5 Å². The maximum atomic E-state index is 12.5. The summed E-state index contributed by atoms with van der Waals surface area (Å²) in [5.74, 6) is -0.238. The van der Waals surface area contributed by atoms with Gasteiger partial charge in [0, 0.05) is 60.3 Å². The predicted molar refractivity (Wildman–Crippen MR) is 283 cm³/mol. The molecule has 2 heterocycles. The van der Waals surface area contributed by atoms with Crippen molar-refractivity contribution in [1.29, 1.82) is 0 Å². The summed E-state index contributed by atoms with van der Waals surface area (Å²) in [6.45, 7) is 25.8. The summed E-state index contributed by atoms with van der Waals surface area (Å²) in [7, 11) is 4.88. The first-order valence-electron chi connectivity index (χ1n) is 25.5. The first-order valence-corrected chi connectivity index (χ1v) is 26.2. The van der Waals surface area contributed by atoms with Crippen molar-refractivity contribution in [1.82, 2.24) is 0 Å². The van der Waals surface area contributed by atoms with Gasteiger partial charge in [-0.15, -0.1) is 0 Å². The number of aliphatic hydroxyl groups excluding tert-OH is 3. The van der Waals surface area contributed by atoms with Gasteiger partial charge in [0.2, 0.25) is 0 Å². The van der Waals surface area contributed by atoms with E-state index in [0.29, 0.717) is 76.1 Å². The maximum Gasteiger partial charge on any atom is 0.187 e. The number of benzene rings is 1. The molecule has 13 atom stereocenters. The maximum absolute atomic E-state index is 12.5. The second-order valence-electron chi connectivity index (χ2n) is 20.9. The van der Waals surface area contributed by atoms with Crippen LogP contribution in [0.4, 0.5) is 0 Å². The Bertz CT molecular complexity index is 2020. The zero-order valence-electron chi connectivity index (χ0n) is 45.5. The number of aldehydes is 2. The topological polar surface area (TPSA) is 159 Å². The van der Waals surface area contributed by atoms with Gasteiger partial charge in [-0.2, -0.15) is 0 Å². The van der Waals surface area contributed by atoms with Crippen molar-refractivity contribution in [2.45, 2.75) is 196 Å². The number of carbonyl (C=O) groups excluding carboxylic acids is 2. The molecule has 71 heavy (non-hydrogen) atoms. The van der Waals surface area contributed by atoms with Gasteiger partial charge in [-0.05, 0) is 127 Å². The lowest BCUT2D eigenvalue weighted by atomic mass is 9.76. The van der Waals surface area contributed by atoms with E-state index >= 15 is 0 Å². The number of aliphatic hydroxyl groups is 3. The van der Waals surface area contributed by atoms with Crippen LogP contribution in [0.5, 0.6) is 0 Å². The van der Waals surface area contributed by atoms with Gasteiger partial charge in [0.25, 0.3) is 0 Å². The van der Waals surface area contributed by atoms with E-state index in [1.54, 1.807) is 39.6 Å². The smallest absolute Gasteiger partial charge is 0.187 e. The average Bonchev–Trinajstić information content (AvgIpc) is 3.32. The molecule has 1 aromatic rings. The summed E-state index contributed by atoms with van der Waals surface area (Å²) < 4.78 is 43.4. The molecule has 13 unspecified atom stereocenters. The van der Waals surface area contributed by atoms with Crippen LogP contribution in [0.25, 0.3) is 0 Å². The van der Waals surface area contributed by atoms with E-state index in [2.05, 4.69) is 39.8 Å². The lowest BCUT2D eigenvalue weighted by Gasteiger charge is -2.49. The third kappa shape index (κ3) is 16.7. The summed E-state index contributed by atoms with van der Waals surface area (Å²) in [4.78, 5) is 24.8. The molecule has 402 valence electrons. The van der Waals surface area contributed by atoms with Gasteiger partial charge in [-0.25, -0.2) is 0 Å². The lowest BCUT2D eigenvalue weighted by Crippen LogP contribution is -2.60. The van der Waals surface area contributed by atoms with E-state index in [-0.39, 0.29) is 36.9 Å². The van der Waals surface area contributed by atoms with Crippen LogP contribution in [-0.4, -0.2) is 123 Å². The standard InChI is InChI=1S/C57H88Cl2O12/c1-17-40(52(36(9)26-34(7)23-24-47(65-14)33(5)6)70-55-51(64)50(63)45(25-32(3)4)57(12,13)71-55)27-35(8)46(62)22-20-19-21-39(29-60)31-68-56-54(67-16)43(53(66-15)38(11)69-56)28-42-44(30-61)41(18-2)48(58)37(10)49(42)59/h19-21,23,26-27,29-30,32-33,38,40,43,45-47,50-56,62-64H,17-18,22,24-25,28,31H2,1-16H3/b20-19+,34-23+,35-27+,36-26+,39-21-. The molecule has 0 saturated carbocycles. The van der Waals surface area contributed by atoms with Crippen LogP contribution in [-0.2, 0) is 50.8 Å². The van der Waals surface area contributed by atoms with Gasteiger partial charge in [0.15, 0.2) is 18.9 Å². The minimum atomic E-state index is -1.27. The Morgan fingerprint density at radius 1 is 0.901 bits per heavy atom. The molecule has 0 aromatic heterocycles. The minimum Gasteiger partial charge on any atom is -0.390 e. The highest BCUT2D eigenvalue weighted by atomic mass is 35.5. The van der Waals surface area contributed by atoms with Crippen LogP contribution < -0.4 is 0 Å².